The Balaban J connectivity index is 1.56. The molecule has 0 bridgehead atoms. The van der Waals surface area contributed by atoms with Gasteiger partial charge in [0.15, 0.2) is 0 Å². The quantitative estimate of drug-likeness (QED) is 0.708. The van der Waals surface area contributed by atoms with Crippen LogP contribution < -0.4 is 0 Å². The van der Waals surface area contributed by atoms with Gasteiger partial charge in [-0.3, -0.25) is 4.90 Å². The van der Waals surface area contributed by atoms with Crippen molar-refractivity contribution in [3.8, 4) is 0 Å². The Hall–Kier alpha value is -1.22. The van der Waals surface area contributed by atoms with Gasteiger partial charge >= 0.3 is 0 Å². The lowest BCUT2D eigenvalue weighted by atomic mass is 10.0. The molecule has 1 saturated heterocycles. The summed E-state index contributed by atoms with van der Waals surface area (Å²) in [7, 11) is 0. The van der Waals surface area contributed by atoms with Crippen molar-refractivity contribution in [1.82, 2.24) is 15.1 Å². The average molecular weight is 215 g/mol. The summed E-state index contributed by atoms with van der Waals surface area (Å²) >= 11 is 0. The molecule has 1 aromatic rings. The molecule has 0 radical (unpaired) electrons. The minimum absolute atomic E-state index is 0.955. The van der Waals surface area contributed by atoms with Crippen molar-refractivity contribution >= 4 is 0 Å². The Morgan fingerprint density at radius 1 is 1.06 bits per heavy atom. The number of likely N-dealkylation sites (tertiary alicyclic amines) is 1. The van der Waals surface area contributed by atoms with Crippen LogP contribution in [0.2, 0.25) is 0 Å². The van der Waals surface area contributed by atoms with E-state index < -0.39 is 0 Å². The summed E-state index contributed by atoms with van der Waals surface area (Å²) in [5.41, 5.74) is 4.58. The first-order chi connectivity index (χ1) is 7.92. The van der Waals surface area contributed by atoms with Crippen LogP contribution in [0, 0.1) is 0 Å². The Morgan fingerprint density at radius 2 is 1.81 bits per heavy atom. The van der Waals surface area contributed by atoms with Crippen LogP contribution in [0.25, 0.3) is 0 Å². The molecule has 0 spiro atoms. The molecule has 0 amide bonds. The smallest absolute Gasteiger partial charge is 0.0771 e. The summed E-state index contributed by atoms with van der Waals surface area (Å²) < 4.78 is 0. The van der Waals surface area contributed by atoms with Gasteiger partial charge in [0.05, 0.1) is 5.69 Å². The van der Waals surface area contributed by atoms with Crippen LogP contribution in [0.3, 0.4) is 0 Å². The van der Waals surface area contributed by atoms with Crippen molar-refractivity contribution < 1.29 is 0 Å². The molecule has 84 valence electrons. The predicted octanol–water partition coefficient (Wildman–Crippen LogP) is 2.16. The number of aromatic nitrogens is 2. The minimum Gasteiger partial charge on any atom is -0.297 e. The second-order valence-electron chi connectivity index (χ2n) is 4.70. The lowest BCUT2D eigenvalue weighted by Gasteiger charge is -2.27. The Kier molecular flexibility index (Phi) is 2.70. The number of nitrogens with zero attached hydrogens (tertiary/aromatic N) is 3. The summed E-state index contributed by atoms with van der Waals surface area (Å²) in [4.78, 5) is 2.48. The van der Waals surface area contributed by atoms with Gasteiger partial charge in [-0.25, -0.2) is 0 Å². The van der Waals surface area contributed by atoms with Gasteiger partial charge in [0, 0.05) is 25.8 Å². The fraction of sp³-hybridized carbons (Fsp3) is 0.538. The second kappa shape index (κ2) is 4.34. The maximum atomic E-state index is 4.14. The van der Waals surface area contributed by atoms with Crippen molar-refractivity contribution in [2.75, 3.05) is 13.1 Å². The van der Waals surface area contributed by atoms with E-state index in [1.807, 2.05) is 6.07 Å². The van der Waals surface area contributed by atoms with Gasteiger partial charge in [-0.05, 0) is 37.8 Å². The lowest BCUT2D eigenvalue weighted by Crippen LogP contribution is -2.30. The van der Waals surface area contributed by atoms with Gasteiger partial charge in [0.2, 0.25) is 0 Å². The van der Waals surface area contributed by atoms with Crippen molar-refractivity contribution in [2.45, 2.75) is 32.2 Å². The molecule has 1 aliphatic carbocycles. The van der Waals surface area contributed by atoms with Gasteiger partial charge in [0.1, 0.15) is 0 Å². The van der Waals surface area contributed by atoms with E-state index in [0.717, 1.165) is 12.2 Å². The van der Waals surface area contributed by atoms with Crippen molar-refractivity contribution in [3.63, 3.8) is 0 Å². The van der Waals surface area contributed by atoms with Crippen LogP contribution in [0.15, 0.2) is 29.5 Å². The first-order valence-electron chi connectivity index (χ1n) is 6.10. The maximum absolute atomic E-state index is 4.14. The molecule has 2 fully saturated rings. The van der Waals surface area contributed by atoms with E-state index in [9.17, 15) is 0 Å². The molecule has 0 N–H and O–H groups in total. The standard InChI is InChI=1S/C13H17N3/c1-2-13(15-14-7-1)10-16-8-5-12(6-9-16)11-3-4-11/h1-2,7H,3-6,8-10H2. The Labute approximate surface area is 96.2 Å². The normalized spacial score (nSPS) is 21.2. The summed E-state index contributed by atoms with van der Waals surface area (Å²) in [6, 6.07) is 4.02. The van der Waals surface area contributed by atoms with E-state index in [-0.39, 0.29) is 0 Å². The molecular weight excluding hydrogens is 198 g/mol. The monoisotopic (exact) mass is 215 g/mol. The molecule has 2 aliphatic rings. The number of piperidine rings is 1. The zero-order valence-electron chi connectivity index (χ0n) is 9.52. The Bertz CT molecular complexity index is 381. The molecule has 1 aliphatic heterocycles. The topological polar surface area (TPSA) is 29.0 Å². The maximum Gasteiger partial charge on any atom is 0.0771 e. The first-order valence-corrected chi connectivity index (χ1v) is 6.10. The molecule has 1 saturated carbocycles. The average Bonchev–Trinajstić information content (AvgIpc) is 3.15. The molecular formula is C13H17N3. The van der Waals surface area contributed by atoms with Crippen molar-refractivity contribution in [1.29, 1.82) is 0 Å². The van der Waals surface area contributed by atoms with E-state index in [0.29, 0.717) is 0 Å². The van der Waals surface area contributed by atoms with Crippen LogP contribution in [0.1, 0.15) is 31.4 Å². The first kappa shape index (κ1) is 9.97. The number of hydrogen-bond acceptors (Lipinski definition) is 3. The highest BCUT2D eigenvalue weighted by molar-refractivity contribution is 5.26. The van der Waals surface area contributed by atoms with Crippen molar-refractivity contribution in [3.05, 3.63) is 35.2 Å². The van der Waals surface area contributed by atoms with Gasteiger partial charge in [0.25, 0.3) is 0 Å². The van der Waals surface area contributed by atoms with Crippen LogP contribution in [0.4, 0.5) is 0 Å². The highest BCUT2D eigenvalue weighted by Gasteiger charge is 2.21. The third kappa shape index (κ3) is 2.30. The SMILES string of the molecule is c1cnnc(CN2CCC(=C3CC3)CC2)c1. The fourth-order valence-corrected chi connectivity index (χ4v) is 2.40. The zero-order chi connectivity index (χ0) is 10.8. The number of rotatable bonds is 2. The van der Waals surface area contributed by atoms with Crippen LogP contribution in [-0.2, 0) is 6.54 Å². The van der Waals surface area contributed by atoms with Crippen molar-refractivity contribution in [2.24, 2.45) is 0 Å². The molecule has 0 aromatic carbocycles. The molecule has 3 nitrogen and oxygen atoms in total. The van der Waals surface area contributed by atoms with Crippen LogP contribution in [-0.4, -0.2) is 28.2 Å². The summed E-state index contributed by atoms with van der Waals surface area (Å²) in [5.74, 6) is 0. The van der Waals surface area contributed by atoms with E-state index >= 15 is 0 Å². The minimum atomic E-state index is 0.955. The number of allylic oxidation sites excluding steroid dienone is 1. The molecule has 3 heteroatoms. The van der Waals surface area contributed by atoms with E-state index in [1.165, 1.54) is 38.8 Å². The third-order valence-corrected chi connectivity index (χ3v) is 3.47. The third-order valence-electron chi connectivity index (χ3n) is 3.47. The van der Waals surface area contributed by atoms with Gasteiger partial charge in [-0.15, -0.1) is 0 Å². The summed E-state index contributed by atoms with van der Waals surface area (Å²) in [6.45, 7) is 3.33. The number of hydrogen-bond donors (Lipinski definition) is 0. The summed E-state index contributed by atoms with van der Waals surface area (Å²) in [5, 5.41) is 8.05. The van der Waals surface area contributed by atoms with Gasteiger partial charge in [-0.1, -0.05) is 11.1 Å². The molecule has 3 rings (SSSR count). The molecule has 0 atom stereocenters. The van der Waals surface area contributed by atoms with Crippen LogP contribution >= 0.6 is 0 Å². The van der Waals surface area contributed by atoms with E-state index in [2.05, 4.69) is 21.2 Å². The van der Waals surface area contributed by atoms with E-state index in [1.54, 1.807) is 17.3 Å². The van der Waals surface area contributed by atoms with Crippen LogP contribution in [0.5, 0.6) is 0 Å². The molecule has 16 heavy (non-hydrogen) atoms. The predicted molar refractivity (Wildman–Crippen MR) is 62.8 cm³/mol. The fourth-order valence-electron chi connectivity index (χ4n) is 2.40. The zero-order valence-corrected chi connectivity index (χ0v) is 9.52. The second-order valence-corrected chi connectivity index (χ2v) is 4.70. The lowest BCUT2D eigenvalue weighted by molar-refractivity contribution is 0.244. The molecule has 1 aromatic heterocycles. The van der Waals surface area contributed by atoms with E-state index in [4.69, 9.17) is 0 Å². The largest absolute Gasteiger partial charge is 0.297 e. The molecule has 0 unspecified atom stereocenters. The van der Waals surface area contributed by atoms with Gasteiger partial charge < -0.3 is 0 Å². The highest BCUT2D eigenvalue weighted by Crippen LogP contribution is 2.36. The van der Waals surface area contributed by atoms with Gasteiger partial charge in [-0.2, -0.15) is 10.2 Å². The Morgan fingerprint density at radius 3 is 2.44 bits per heavy atom. The molecule has 2 heterocycles. The highest BCUT2D eigenvalue weighted by atomic mass is 15.2. The summed E-state index contributed by atoms with van der Waals surface area (Å²) in [6.07, 6.45) is 7.03.